The number of ether oxygens (including phenoxy) is 1. The van der Waals surface area contributed by atoms with E-state index in [0.717, 1.165) is 11.3 Å². The SMILES string of the molecule is CCC(CC)(CC(=O)O)NC(=O)CCc1cccc(OC)c1. The van der Waals surface area contributed by atoms with E-state index in [9.17, 15) is 9.59 Å². The first-order chi connectivity index (χ1) is 10.4. The maximum absolute atomic E-state index is 12.2. The molecule has 0 bridgehead atoms. The van der Waals surface area contributed by atoms with E-state index >= 15 is 0 Å². The van der Waals surface area contributed by atoms with E-state index < -0.39 is 11.5 Å². The lowest BCUT2D eigenvalue weighted by Gasteiger charge is -2.31. The minimum Gasteiger partial charge on any atom is -0.497 e. The summed E-state index contributed by atoms with van der Waals surface area (Å²) in [5.41, 5.74) is 0.364. The van der Waals surface area contributed by atoms with Crippen LogP contribution in [0.5, 0.6) is 5.75 Å². The first-order valence-electron chi connectivity index (χ1n) is 7.60. The minimum absolute atomic E-state index is 0.0507. The number of methoxy groups -OCH3 is 1. The topological polar surface area (TPSA) is 75.6 Å². The number of rotatable bonds is 9. The lowest BCUT2D eigenvalue weighted by Crippen LogP contribution is -2.49. The maximum Gasteiger partial charge on any atom is 0.305 e. The van der Waals surface area contributed by atoms with Crippen molar-refractivity contribution in [2.24, 2.45) is 0 Å². The van der Waals surface area contributed by atoms with Gasteiger partial charge in [-0.3, -0.25) is 9.59 Å². The van der Waals surface area contributed by atoms with Gasteiger partial charge in [0.25, 0.3) is 0 Å². The van der Waals surface area contributed by atoms with Gasteiger partial charge in [-0.1, -0.05) is 26.0 Å². The molecule has 0 aliphatic heterocycles. The lowest BCUT2D eigenvalue weighted by atomic mass is 9.88. The zero-order valence-corrected chi connectivity index (χ0v) is 13.5. The number of nitrogens with one attached hydrogen (secondary N) is 1. The molecule has 0 atom stereocenters. The van der Waals surface area contributed by atoms with Crippen LogP contribution in [0.1, 0.15) is 45.1 Å². The molecule has 2 N–H and O–H groups in total. The Morgan fingerprint density at radius 1 is 1.27 bits per heavy atom. The molecule has 5 nitrogen and oxygen atoms in total. The Balaban J connectivity index is 2.61. The molecule has 0 fully saturated rings. The molecule has 0 aliphatic rings. The molecule has 0 spiro atoms. The number of aliphatic carboxylic acids is 1. The molecule has 0 saturated carbocycles. The van der Waals surface area contributed by atoms with E-state index in [1.165, 1.54) is 0 Å². The molecule has 5 heteroatoms. The van der Waals surface area contributed by atoms with Crippen molar-refractivity contribution in [3.8, 4) is 5.75 Å². The smallest absolute Gasteiger partial charge is 0.305 e. The molecule has 1 aromatic carbocycles. The van der Waals surface area contributed by atoms with Crippen LogP contribution in [-0.4, -0.2) is 29.6 Å². The third kappa shape index (κ3) is 5.39. The largest absolute Gasteiger partial charge is 0.497 e. The second kappa shape index (κ2) is 8.41. The van der Waals surface area contributed by atoms with E-state index in [-0.39, 0.29) is 12.3 Å². The molecular weight excluding hydrogens is 282 g/mol. The molecule has 0 radical (unpaired) electrons. The number of benzene rings is 1. The Kier molecular flexibility index (Phi) is 6.89. The molecule has 122 valence electrons. The van der Waals surface area contributed by atoms with Crippen LogP contribution in [0.3, 0.4) is 0 Å². The highest BCUT2D eigenvalue weighted by atomic mass is 16.5. The van der Waals surface area contributed by atoms with Gasteiger partial charge in [-0.05, 0) is 37.0 Å². The van der Waals surface area contributed by atoms with Crippen molar-refractivity contribution in [1.82, 2.24) is 5.32 Å². The second-order valence-electron chi connectivity index (χ2n) is 5.46. The summed E-state index contributed by atoms with van der Waals surface area (Å²) in [6.45, 7) is 3.80. The van der Waals surface area contributed by atoms with Gasteiger partial charge in [0.1, 0.15) is 5.75 Å². The quantitative estimate of drug-likeness (QED) is 0.735. The van der Waals surface area contributed by atoms with Gasteiger partial charge in [-0.25, -0.2) is 0 Å². The van der Waals surface area contributed by atoms with Crippen molar-refractivity contribution >= 4 is 11.9 Å². The highest BCUT2D eigenvalue weighted by Crippen LogP contribution is 2.20. The van der Waals surface area contributed by atoms with Gasteiger partial charge in [0.2, 0.25) is 5.91 Å². The molecule has 0 heterocycles. The molecular formula is C17H25NO4. The Bertz CT molecular complexity index is 509. The predicted molar refractivity (Wildman–Crippen MR) is 85.0 cm³/mol. The first kappa shape index (κ1) is 18.0. The zero-order valence-electron chi connectivity index (χ0n) is 13.5. The van der Waals surface area contributed by atoms with Crippen molar-refractivity contribution in [3.63, 3.8) is 0 Å². The van der Waals surface area contributed by atoms with Crippen molar-refractivity contribution in [3.05, 3.63) is 29.8 Å². The van der Waals surface area contributed by atoms with Crippen molar-refractivity contribution in [2.75, 3.05) is 7.11 Å². The monoisotopic (exact) mass is 307 g/mol. The van der Waals surface area contributed by atoms with E-state index in [1.54, 1.807) is 7.11 Å². The van der Waals surface area contributed by atoms with Crippen LogP contribution in [0, 0.1) is 0 Å². The summed E-state index contributed by atoms with van der Waals surface area (Å²) >= 11 is 0. The summed E-state index contributed by atoms with van der Waals surface area (Å²) in [6, 6.07) is 7.59. The third-order valence-corrected chi connectivity index (χ3v) is 4.02. The minimum atomic E-state index is -0.892. The molecule has 1 amide bonds. The molecule has 0 unspecified atom stereocenters. The Hall–Kier alpha value is -2.04. The Morgan fingerprint density at radius 3 is 2.50 bits per heavy atom. The standard InChI is InChI=1S/C17H25NO4/c1-4-17(5-2,12-16(20)21)18-15(19)10-9-13-7-6-8-14(11-13)22-3/h6-8,11H,4-5,9-10,12H2,1-3H3,(H,18,19)(H,20,21). The summed E-state index contributed by atoms with van der Waals surface area (Å²) < 4.78 is 5.15. The Morgan fingerprint density at radius 2 is 1.95 bits per heavy atom. The van der Waals surface area contributed by atoms with Crippen LogP contribution in [0.2, 0.25) is 0 Å². The zero-order chi connectivity index (χ0) is 16.6. The van der Waals surface area contributed by atoms with Gasteiger partial charge in [0.15, 0.2) is 0 Å². The number of carboxylic acid groups (broad SMARTS) is 1. The number of hydrogen-bond donors (Lipinski definition) is 2. The average Bonchev–Trinajstić information content (AvgIpc) is 2.52. The van der Waals surface area contributed by atoms with Gasteiger partial charge < -0.3 is 15.2 Å². The fourth-order valence-electron chi connectivity index (χ4n) is 2.45. The van der Waals surface area contributed by atoms with Gasteiger partial charge in [0, 0.05) is 12.0 Å². The third-order valence-electron chi connectivity index (χ3n) is 4.02. The normalized spacial score (nSPS) is 11.0. The molecule has 1 rings (SSSR count). The molecule has 0 aromatic heterocycles. The fraction of sp³-hybridized carbons (Fsp3) is 0.529. The number of amides is 1. The van der Waals surface area contributed by atoms with Crippen LogP contribution in [0.25, 0.3) is 0 Å². The first-order valence-corrected chi connectivity index (χ1v) is 7.60. The lowest BCUT2D eigenvalue weighted by molar-refractivity contribution is -0.139. The molecule has 22 heavy (non-hydrogen) atoms. The summed E-state index contributed by atoms with van der Waals surface area (Å²) in [7, 11) is 1.61. The van der Waals surface area contributed by atoms with E-state index in [1.807, 2.05) is 38.1 Å². The fourth-order valence-corrected chi connectivity index (χ4v) is 2.45. The van der Waals surface area contributed by atoms with Gasteiger partial charge in [0.05, 0.1) is 13.5 Å². The van der Waals surface area contributed by atoms with Crippen LogP contribution in [0.4, 0.5) is 0 Å². The van der Waals surface area contributed by atoms with E-state index in [0.29, 0.717) is 25.7 Å². The van der Waals surface area contributed by atoms with Crippen LogP contribution < -0.4 is 10.1 Å². The molecule has 1 aromatic rings. The molecule has 0 aliphatic carbocycles. The van der Waals surface area contributed by atoms with Crippen molar-refractivity contribution in [1.29, 1.82) is 0 Å². The summed E-state index contributed by atoms with van der Waals surface area (Å²) in [4.78, 5) is 23.1. The van der Waals surface area contributed by atoms with E-state index in [4.69, 9.17) is 9.84 Å². The second-order valence-corrected chi connectivity index (χ2v) is 5.46. The maximum atomic E-state index is 12.2. The van der Waals surface area contributed by atoms with Gasteiger partial charge in [-0.15, -0.1) is 0 Å². The van der Waals surface area contributed by atoms with Crippen LogP contribution in [0.15, 0.2) is 24.3 Å². The van der Waals surface area contributed by atoms with Crippen molar-refractivity contribution in [2.45, 2.75) is 51.5 Å². The average molecular weight is 307 g/mol. The number of carbonyl (C=O) groups is 2. The summed E-state index contributed by atoms with van der Waals surface area (Å²) in [5, 5.41) is 11.9. The van der Waals surface area contributed by atoms with Crippen molar-refractivity contribution < 1.29 is 19.4 Å². The highest BCUT2D eigenvalue weighted by Gasteiger charge is 2.30. The summed E-state index contributed by atoms with van der Waals surface area (Å²) in [5.74, 6) is -0.246. The highest BCUT2D eigenvalue weighted by molar-refractivity contribution is 5.78. The van der Waals surface area contributed by atoms with E-state index in [2.05, 4.69) is 5.32 Å². The van der Waals surface area contributed by atoms with Crippen LogP contribution >= 0.6 is 0 Å². The summed E-state index contributed by atoms with van der Waals surface area (Å²) in [6.07, 6.45) is 2.07. The number of carbonyl (C=O) groups excluding carboxylic acids is 1. The predicted octanol–water partition coefficient (Wildman–Crippen LogP) is 2.78. The van der Waals surface area contributed by atoms with Gasteiger partial charge in [-0.2, -0.15) is 0 Å². The molecule has 0 saturated heterocycles. The Labute approximate surface area is 131 Å². The number of carboxylic acids is 1. The number of aryl methyl sites for hydroxylation is 1. The number of hydrogen-bond acceptors (Lipinski definition) is 3. The van der Waals surface area contributed by atoms with Gasteiger partial charge >= 0.3 is 5.97 Å². The van der Waals surface area contributed by atoms with Crippen LogP contribution in [-0.2, 0) is 16.0 Å².